The number of hydrogen-bond donors (Lipinski definition) is 0. The molecule has 6 aromatic rings. The molecule has 19 heteroatoms. The van der Waals surface area contributed by atoms with Gasteiger partial charge in [-0.1, -0.05) is 78.6 Å². The molecule has 3 atom stereocenters. The lowest BCUT2D eigenvalue weighted by atomic mass is 9.98. The minimum atomic E-state index is -0.739. The van der Waals surface area contributed by atoms with Crippen molar-refractivity contribution in [3.8, 4) is 23.0 Å². The molecule has 0 spiro atoms. The Labute approximate surface area is 633 Å². The molecule has 3 fully saturated rings. The van der Waals surface area contributed by atoms with Crippen LogP contribution in [0.3, 0.4) is 0 Å². The number of methoxy groups -OCH3 is 4. The maximum Gasteiger partial charge on any atom is 0.328 e. The Bertz CT molecular complexity index is 4000. The van der Waals surface area contributed by atoms with Gasteiger partial charge in [0.15, 0.2) is 0 Å². The summed E-state index contributed by atoms with van der Waals surface area (Å²) < 4.78 is 38.1. The SMILES string of the molecule is COc1c(C)cc(C(=O)C(=O)N2CCCCC2C(=O)OCCCCCCc2ccc(C)cc2)cc1C.COc1c(C)cc(C(=O)C(=O)N2CCCCC2C(=O)OCCCCCc2ccc(C)cc2)cc1C.COc1cc(CCCOC(=O)C2CCCCN2C(=O)C(=O)c2cc(C)c(OC)c(C)c2)cc(C)c1C. The van der Waals surface area contributed by atoms with Crippen LogP contribution in [0.25, 0.3) is 0 Å². The average Bonchev–Trinajstić information content (AvgIpc) is 0.813. The number of esters is 3. The lowest BCUT2D eigenvalue weighted by Crippen LogP contribution is -2.51. The molecular weight excluding hydrogens is 1350 g/mol. The molecule has 3 aliphatic rings. The summed E-state index contributed by atoms with van der Waals surface area (Å²) in [5, 5.41) is 0. The van der Waals surface area contributed by atoms with Gasteiger partial charge in [-0.3, -0.25) is 28.8 Å². The van der Waals surface area contributed by atoms with Crippen molar-refractivity contribution >= 4 is 53.0 Å². The molecule has 0 N–H and O–H groups in total. The summed E-state index contributed by atoms with van der Waals surface area (Å²) in [5.74, 6) is -2.09. The summed E-state index contributed by atoms with van der Waals surface area (Å²) in [6, 6.07) is 29.2. The number of benzene rings is 6. The van der Waals surface area contributed by atoms with E-state index in [4.69, 9.17) is 33.2 Å². The normalized spacial score (nSPS) is 15.5. The third-order valence-corrected chi connectivity index (χ3v) is 20.4. The van der Waals surface area contributed by atoms with Gasteiger partial charge >= 0.3 is 17.9 Å². The lowest BCUT2D eigenvalue weighted by molar-refractivity contribution is -0.155. The fraction of sp³-hybridized carbons (Fsp3) is 0.489. The van der Waals surface area contributed by atoms with Gasteiger partial charge in [0.2, 0.25) is 17.3 Å². The summed E-state index contributed by atoms with van der Waals surface area (Å²) in [5.41, 5.74) is 14.3. The predicted molar refractivity (Wildman–Crippen MR) is 414 cm³/mol. The van der Waals surface area contributed by atoms with Crippen molar-refractivity contribution in [2.24, 2.45) is 0 Å². The van der Waals surface area contributed by atoms with Crippen LogP contribution in [0.15, 0.2) is 97.1 Å². The van der Waals surface area contributed by atoms with E-state index >= 15 is 0 Å². The second kappa shape index (κ2) is 42.0. The van der Waals surface area contributed by atoms with Crippen LogP contribution in [0, 0.1) is 69.2 Å². The second-order valence-corrected chi connectivity index (χ2v) is 28.7. The maximum absolute atomic E-state index is 13.2. The molecule has 3 unspecified atom stereocenters. The molecule has 19 nitrogen and oxygen atoms in total. The fourth-order valence-electron chi connectivity index (χ4n) is 14.5. The molecule has 3 aliphatic heterocycles. The molecule has 3 heterocycles. The summed E-state index contributed by atoms with van der Waals surface area (Å²) >= 11 is 0. The Morgan fingerprint density at radius 1 is 0.327 bits per heavy atom. The molecule has 6 aromatic carbocycles. The lowest BCUT2D eigenvalue weighted by Gasteiger charge is -2.33. The number of ketones is 3. The van der Waals surface area contributed by atoms with Gasteiger partial charge in [-0.05, 0) is 288 Å². The Balaban J connectivity index is 0.000000224. The van der Waals surface area contributed by atoms with Gasteiger partial charge in [-0.25, -0.2) is 14.4 Å². The highest BCUT2D eigenvalue weighted by molar-refractivity contribution is 6.44. The number of ether oxygens (including phenoxy) is 7. The molecular formula is C88H113N3O16. The predicted octanol–water partition coefficient (Wildman–Crippen LogP) is 15.3. The molecule has 0 aliphatic carbocycles. The molecule has 0 bridgehead atoms. The monoisotopic (exact) mass is 1470 g/mol. The minimum Gasteiger partial charge on any atom is -0.496 e. The van der Waals surface area contributed by atoms with Crippen molar-refractivity contribution in [2.75, 3.05) is 67.9 Å². The van der Waals surface area contributed by atoms with E-state index in [0.29, 0.717) is 92.5 Å². The summed E-state index contributed by atoms with van der Waals surface area (Å²) in [4.78, 5) is 121. The quantitative estimate of drug-likeness (QED) is 0.0134. The van der Waals surface area contributed by atoms with Crippen LogP contribution < -0.4 is 18.9 Å². The Morgan fingerprint density at radius 3 is 0.944 bits per heavy atom. The van der Waals surface area contributed by atoms with Gasteiger partial charge in [-0.2, -0.15) is 0 Å². The Morgan fingerprint density at radius 2 is 0.626 bits per heavy atom. The van der Waals surface area contributed by atoms with Crippen LogP contribution in [-0.2, 0) is 62.2 Å². The highest BCUT2D eigenvalue weighted by Crippen LogP contribution is 2.31. The first-order valence-electron chi connectivity index (χ1n) is 38.1. The first kappa shape index (κ1) is 84.6. The van der Waals surface area contributed by atoms with E-state index < -0.39 is 71.1 Å². The van der Waals surface area contributed by atoms with Crippen LogP contribution >= 0.6 is 0 Å². The highest BCUT2D eigenvalue weighted by atomic mass is 16.5. The molecule has 9 rings (SSSR count). The zero-order valence-corrected chi connectivity index (χ0v) is 65.7. The van der Waals surface area contributed by atoms with Crippen LogP contribution in [0.4, 0.5) is 0 Å². The molecule has 0 radical (unpaired) electrons. The number of carbonyl (C=O) groups excluding carboxylic acids is 9. The van der Waals surface area contributed by atoms with Crippen molar-refractivity contribution in [2.45, 2.75) is 216 Å². The third-order valence-electron chi connectivity index (χ3n) is 20.4. The summed E-state index contributed by atoms with van der Waals surface area (Å²) in [7, 11) is 6.39. The van der Waals surface area contributed by atoms with Crippen molar-refractivity contribution in [3.63, 3.8) is 0 Å². The van der Waals surface area contributed by atoms with Gasteiger partial charge in [0.1, 0.15) is 41.1 Å². The number of hydrogen-bond acceptors (Lipinski definition) is 16. The fourth-order valence-corrected chi connectivity index (χ4v) is 14.5. The van der Waals surface area contributed by atoms with Gasteiger partial charge in [0.25, 0.3) is 17.7 Å². The smallest absolute Gasteiger partial charge is 0.328 e. The second-order valence-electron chi connectivity index (χ2n) is 28.7. The standard InChI is InChI=1S/C30H39NO5.C29H37NO6.C29H37NO5/c1-21-13-15-24(16-14-21)11-7-5-6-10-18-36-30(34)26-12-8-9-17-31(26)29(33)27(32)25-19-22(2)28(35-4)23(3)20-25;1-18-14-22(17-25(34-5)21(18)4)10-9-13-36-29(33)24-11-7-8-12-30(24)28(32)26(31)23-15-19(2)27(35-6)20(3)16-23;1-20-12-14-23(15-13-20)10-6-5-9-17-35-29(33)25-11-7-8-16-30(25)28(32)26(31)24-18-21(2)27(34-4)22(3)19-24/h13-16,19-20,26H,5-12,17-18H2,1-4H3;14-17,24H,7-13H2,1-6H3;12-15,18-19,25H,5-11,16-17H2,1-4H3. The Kier molecular flexibility index (Phi) is 33.2. The van der Waals surface area contributed by atoms with Gasteiger partial charge in [0.05, 0.1) is 48.3 Å². The van der Waals surface area contributed by atoms with E-state index in [-0.39, 0.29) is 6.61 Å². The third kappa shape index (κ3) is 23.9. The maximum atomic E-state index is 13.2. The average molecular weight is 1470 g/mol. The first-order chi connectivity index (χ1) is 51.3. The van der Waals surface area contributed by atoms with E-state index in [1.165, 1.54) is 37.0 Å². The number of amides is 3. The van der Waals surface area contributed by atoms with E-state index in [1.807, 2.05) is 61.5 Å². The van der Waals surface area contributed by atoms with E-state index in [2.05, 4.69) is 68.4 Å². The first-order valence-corrected chi connectivity index (χ1v) is 38.1. The number of unbranched alkanes of at least 4 members (excludes halogenated alkanes) is 5. The minimum absolute atomic E-state index is 0.247. The van der Waals surface area contributed by atoms with Crippen LogP contribution in [0.5, 0.6) is 23.0 Å². The van der Waals surface area contributed by atoms with E-state index in [1.54, 1.807) is 64.8 Å². The number of likely N-dealkylation sites (tertiary alicyclic amines) is 3. The molecule has 3 amide bonds. The molecule has 576 valence electrons. The number of nitrogens with zero attached hydrogens (tertiary/aromatic N) is 3. The molecule has 0 saturated carbocycles. The van der Waals surface area contributed by atoms with Crippen LogP contribution in [0.2, 0.25) is 0 Å². The number of rotatable bonds is 30. The molecule has 3 saturated heterocycles. The molecule has 107 heavy (non-hydrogen) atoms. The largest absolute Gasteiger partial charge is 0.496 e. The van der Waals surface area contributed by atoms with E-state index in [9.17, 15) is 43.2 Å². The zero-order valence-electron chi connectivity index (χ0n) is 65.7. The molecule has 0 aromatic heterocycles. The number of aryl methyl sites for hydroxylation is 12. The number of carbonyl (C=O) groups is 9. The zero-order chi connectivity index (χ0) is 77.9. The van der Waals surface area contributed by atoms with Crippen LogP contribution in [-0.4, -0.2) is 154 Å². The van der Waals surface area contributed by atoms with Crippen LogP contribution in [0.1, 0.15) is 213 Å². The Hall–Kier alpha value is -9.65. The number of Topliss-reactive ketones (excluding diaryl/α,β-unsaturated/α-hetero) is 3. The summed E-state index contributed by atoms with van der Waals surface area (Å²) in [6.07, 6.45) is 16.5. The van der Waals surface area contributed by atoms with Crippen molar-refractivity contribution in [3.05, 3.63) is 186 Å². The number of piperidine rings is 3. The van der Waals surface area contributed by atoms with Crippen molar-refractivity contribution in [1.82, 2.24) is 14.7 Å². The van der Waals surface area contributed by atoms with Crippen molar-refractivity contribution < 1.29 is 76.3 Å². The topological polar surface area (TPSA) is 228 Å². The van der Waals surface area contributed by atoms with Gasteiger partial charge in [0, 0.05) is 36.3 Å². The van der Waals surface area contributed by atoms with Gasteiger partial charge < -0.3 is 47.9 Å². The highest BCUT2D eigenvalue weighted by Gasteiger charge is 2.40. The summed E-state index contributed by atoms with van der Waals surface area (Å²) in [6.45, 7) is 21.3. The van der Waals surface area contributed by atoms with Crippen molar-refractivity contribution in [1.29, 1.82) is 0 Å². The van der Waals surface area contributed by atoms with Gasteiger partial charge in [-0.15, -0.1) is 0 Å². The van der Waals surface area contributed by atoms with E-state index in [0.717, 1.165) is 159 Å².